The molecule has 1 atom stereocenters. The van der Waals surface area contributed by atoms with Crippen LogP contribution in [0.1, 0.15) is 22.7 Å². The molecule has 0 amide bonds. The van der Waals surface area contributed by atoms with E-state index >= 15 is 0 Å². The number of hydrogen-bond acceptors (Lipinski definition) is 5. The molecule has 5 heteroatoms. The first kappa shape index (κ1) is 14.9. The molecule has 5 nitrogen and oxygen atoms in total. The van der Waals surface area contributed by atoms with Crippen molar-refractivity contribution in [3.8, 4) is 11.8 Å². The summed E-state index contributed by atoms with van der Waals surface area (Å²) in [6, 6.07) is 17.0. The standard InChI is InChI=1S/C18H18N4O/c19-12-14-3-1-2-13(10-14)11-17(22-18-20-8-9-21-18)15-4-6-16(23)7-5-15/h1-7,10,17,23H,8-9,11H2,(H2,20,21,22). The number of hydrogen-bond donors (Lipinski definition) is 3. The molecule has 2 aromatic carbocycles. The molecule has 0 aromatic heterocycles. The Morgan fingerprint density at radius 2 is 2.09 bits per heavy atom. The van der Waals surface area contributed by atoms with E-state index in [4.69, 9.17) is 5.26 Å². The number of phenolic OH excluding ortho intramolecular Hbond substituents is 1. The van der Waals surface area contributed by atoms with Crippen molar-refractivity contribution >= 4 is 5.96 Å². The van der Waals surface area contributed by atoms with Crippen LogP contribution in [0.15, 0.2) is 53.5 Å². The van der Waals surface area contributed by atoms with Gasteiger partial charge < -0.3 is 15.7 Å². The summed E-state index contributed by atoms with van der Waals surface area (Å²) in [7, 11) is 0. The average Bonchev–Trinajstić information content (AvgIpc) is 3.08. The van der Waals surface area contributed by atoms with Gasteiger partial charge in [-0.1, -0.05) is 24.3 Å². The van der Waals surface area contributed by atoms with Crippen molar-refractivity contribution in [2.75, 3.05) is 13.1 Å². The molecule has 1 aliphatic heterocycles. The highest BCUT2D eigenvalue weighted by atomic mass is 16.3. The van der Waals surface area contributed by atoms with Gasteiger partial charge in [-0.15, -0.1) is 0 Å². The number of nitrogens with one attached hydrogen (secondary N) is 2. The number of benzene rings is 2. The first-order chi connectivity index (χ1) is 11.2. The average molecular weight is 306 g/mol. The quantitative estimate of drug-likeness (QED) is 0.808. The summed E-state index contributed by atoms with van der Waals surface area (Å²) < 4.78 is 0. The van der Waals surface area contributed by atoms with Crippen LogP contribution in [0, 0.1) is 11.3 Å². The number of rotatable bonds is 4. The third-order valence-corrected chi connectivity index (χ3v) is 3.78. The molecule has 23 heavy (non-hydrogen) atoms. The van der Waals surface area contributed by atoms with Crippen LogP contribution in [0.3, 0.4) is 0 Å². The highest BCUT2D eigenvalue weighted by molar-refractivity contribution is 5.81. The zero-order chi connectivity index (χ0) is 16.1. The van der Waals surface area contributed by atoms with Crippen LogP contribution in [0.2, 0.25) is 0 Å². The maximum absolute atomic E-state index is 9.49. The van der Waals surface area contributed by atoms with E-state index in [0.717, 1.165) is 36.6 Å². The largest absolute Gasteiger partial charge is 0.508 e. The maximum Gasteiger partial charge on any atom is 0.191 e. The van der Waals surface area contributed by atoms with Crippen LogP contribution < -0.4 is 10.6 Å². The van der Waals surface area contributed by atoms with Crippen LogP contribution in [0.4, 0.5) is 0 Å². The zero-order valence-corrected chi connectivity index (χ0v) is 12.7. The molecule has 0 spiro atoms. The Balaban J connectivity index is 1.84. The predicted octanol–water partition coefficient (Wildman–Crippen LogP) is 2.10. The normalized spacial score (nSPS) is 14.5. The van der Waals surface area contributed by atoms with Crippen LogP contribution >= 0.6 is 0 Å². The number of aliphatic imine (C=N–C) groups is 1. The highest BCUT2D eigenvalue weighted by Crippen LogP contribution is 2.21. The van der Waals surface area contributed by atoms with Crippen molar-refractivity contribution in [3.05, 3.63) is 65.2 Å². The van der Waals surface area contributed by atoms with Gasteiger partial charge in [0.1, 0.15) is 5.75 Å². The number of nitrogens with zero attached hydrogens (tertiary/aromatic N) is 2. The second-order valence-corrected chi connectivity index (χ2v) is 5.46. The second-order valence-electron chi connectivity index (χ2n) is 5.46. The summed E-state index contributed by atoms with van der Waals surface area (Å²) in [5, 5.41) is 25.2. The second kappa shape index (κ2) is 6.84. The molecule has 0 fully saturated rings. The van der Waals surface area contributed by atoms with E-state index in [9.17, 15) is 5.11 Å². The Labute approximate surface area is 135 Å². The smallest absolute Gasteiger partial charge is 0.191 e. The first-order valence-electron chi connectivity index (χ1n) is 7.57. The molecule has 0 saturated carbocycles. The van der Waals surface area contributed by atoms with Gasteiger partial charge in [-0.25, -0.2) is 0 Å². The molecule has 0 saturated heterocycles. The van der Waals surface area contributed by atoms with Gasteiger partial charge in [0.25, 0.3) is 0 Å². The van der Waals surface area contributed by atoms with Gasteiger partial charge >= 0.3 is 0 Å². The molecule has 0 bridgehead atoms. The van der Waals surface area contributed by atoms with Crippen molar-refractivity contribution in [1.29, 1.82) is 5.26 Å². The molecule has 2 aromatic rings. The lowest BCUT2D eigenvalue weighted by Crippen LogP contribution is -2.37. The van der Waals surface area contributed by atoms with Gasteiger partial charge in [-0.3, -0.25) is 4.99 Å². The lowest BCUT2D eigenvalue weighted by atomic mass is 9.98. The molecular weight excluding hydrogens is 288 g/mol. The molecule has 0 aliphatic carbocycles. The van der Waals surface area contributed by atoms with Gasteiger partial charge in [-0.05, 0) is 41.8 Å². The van der Waals surface area contributed by atoms with Crippen molar-refractivity contribution in [3.63, 3.8) is 0 Å². The van der Waals surface area contributed by atoms with Gasteiger partial charge in [-0.2, -0.15) is 5.26 Å². The summed E-state index contributed by atoms with van der Waals surface area (Å²) in [6.07, 6.45) is 0.723. The fraction of sp³-hybridized carbons (Fsp3) is 0.222. The Kier molecular flexibility index (Phi) is 4.44. The molecule has 1 heterocycles. The van der Waals surface area contributed by atoms with E-state index in [1.165, 1.54) is 0 Å². The number of phenols is 1. The lowest BCUT2D eigenvalue weighted by Gasteiger charge is -2.21. The summed E-state index contributed by atoms with van der Waals surface area (Å²) >= 11 is 0. The van der Waals surface area contributed by atoms with Crippen molar-refractivity contribution in [2.45, 2.75) is 12.5 Å². The first-order valence-corrected chi connectivity index (χ1v) is 7.57. The Bertz CT molecular complexity index is 746. The summed E-state index contributed by atoms with van der Waals surface area (Å²) in [4.78, 5) is 4.39. The Morgan fingerprint density at radius 3 is 2.78 bits per heavy atom. The fourth-order valence-electron chi connectivity index (χ4n) is 2.62. The van der Waals surface area contributed by atoms with E-state index in [-0.39, 0.29) is 11.8 Å². The van der Waals surface area contributed by atoms with Crippen molar-refractivity contribution in [1.82, 2.24) is 10.6 Å². The van der Waals surface area contributed by atoms with Crippen molar-refractivity contribution < 1.29 is 5.11 Å². The monoisotopic (exact) mass is 306 g/mol. The predicted molar refractivity (Wildman–Crippen MR) is 89.1 cm³/mol. The van der Waals surface area contributed by atoms with Gasteiger partial charge in [0, 0.05) is 6.54 Å². The molecule has 1 unspecified atom stereocenters. The highest BCUT2D eigenvalue weighted by Gasteiger charge is 2.16. The van der Waals surface area contributed by atoms with Crippen molar-refractivity contribution in [2.24, 2.45) is 4.99 Å². The molecular formula is C18H18N4O. The topological polar surface area (TPSA) is 80.4 Å². The summed E-state index contributed by atoms with van der Waals surface area (Å²) in [5.41, 5.74) is 2.79. The number of nitriles is 1. The Morgan fingerprint density at radius 1 is 1.26 bits per heavy atom. The third-order valence-electron chi connectivity index (χ3n) is 3.78. The minimum absolute atomic E-state index is 0.00823. The van der Waals surface area contributed by atoms with E-state index in [1.54, 1.807) is 18.2 Å². The SMILES string of the molecule is N#Cc1cccc(CC(NC2=NCCN2)c2ccc(O)cc2)c1. The van der Waals surface area contributed by atoms with Gasteiger partial charge in [0.2, 0.25) is 0 Å². The lowest BCUT2D eigenvalue weighted by molar-refractivity contribution is 0.474. The molecule has 3 N–H and O–H groups in total. The maximum atomic E-state index is 9.49. The Hall–Kier alpha value is -3.00. The minimum Gasteiger partial charge on any atom is -0.508 e. The summed E-state index contributed by atoms with van der Waals surface area (Å²) in [6.45, 7) is 1.61. The van der Waals surface area contributed by atoms with Crippen LogP contribution in [-0.2, 0) is 6.42 Å². The fourth-order valence-corrected chi connectivity index (χ4v) is 2.62. The van der Waals surface area contributed by atoms with E-state index in [2.05, 4.69) is 21.7 Å². The molecule has 116 valence electrons. The van der Waals surface area contributed by atoms with Crippen LogP contribution in [0.5, 0.6) is 5.75 Å². The van der Waals surface area contributed by atoms with Gasteiger partial charge in [0.05, 0.1) is 24.2 Å². The third kappa shape index (κ3) is 3.80. The molecule has 3 rings (SSSR count). The molecule has 1 aliphatic rings. The molecule has 0 radical (unpaired) electrons. The number of aromatic hydroxyl groups is 1. The van der Waals surface area contributed by atoms with Gasteiger partial charge in [0.15, 0.2) is 5.96 Å². The van der Waals surface area contributed by atoms with E-state index in [1.807, 2.05) is 30.3 Å². The minimum atomic E-state index is 0.00823. The van der Waals surface area contributed by atoms with Crippen LogP contribution in [-0.4, -0.2) is 24.2 Å². The zero-order valence-electron chi connectivity index (χ0n) is 12.7. The van der Waals surface area contributed by atoms with E-state index < -0.39 is 0 Å². The summed E-state index contributed by atoms with van der Waals surface area (Å²) in [5.74, 6) is 1.04. The van der Waals surface area contributed by atoms with Crippen LogP contribution in [0.25, 0.3) is 0 Å². The number of guanidine groups is 1. The van der Waals surface area contributed by atoms with E-state index in [0.29, 0.717) is 5.56 Å².